The average molecular weight is 412 g/mol. The van der Waals surface area contributed by atoms with Gasteiger partial charge in [0, 0.05) is 43.8 Å². The zero-order valence-electron chi connectivity index (χ0n) is 16.1. The fraction of sp³-hybridized carbons (Fsp3) is 0.333. The van der Waals surface area contributed by atoms with Gasteiger partial charge in [0.2, 0.25) is 5.91 Å². The molecule has 0 aliphatic carbocycles. The minimum absolute atomic E-state index is 0.0446. The van der Waals surface area contributed by atoms with E-state index in [1.54, 1.807) is 19.3 Å². The van der Waals surface area contributed by atoms with Crippen LogP contribution in [0.25, 0.3) is 11.2 Å². The van der Waals surface area contributed by atoms with Gasteiger partial charge in [0.1, 0.15) is 5.52 Å². The van der Waals surface area contributed by atoms with Gasteiger partial charge < -0.3 is 10.2 Å². The van der Waals surface area contributed by atoms with E-state index in [1.165, 1.54) is 4.57 Å². The highest BCUT2D eigenvalue weighted by molar-refractivity contribution is 6.30. The molecule has 2 aromatic heterocycles. The lowest BCUT2D eigenvalue weighted by molar-refractivity contribution is -0.125. The standard InChI is InChI=1S/C21H22ClN5O2/c1-26-18-17(3-2-10-23-18)25-19(21(26)29)27-11-8-15(9-12-27)20(28)24-13-14-4-6-16(22)7-5-14/h2-7,10,15H,8-9,11-13H2,1H3,(H,24,28). The first-order chi connectivity index (χ1) is 14.0. The molecular weight excluding hydrogens is 390 g/mol. The third kappa shape index (κ3) is 4.10. The quantitative estimate of drug-likeness (QED) is 0.713. The molecule has 0 atom stereocenters. The van der Waals surface area contributed by atoms with Gasteiger partial charge in [0.15, 0.2) is 11.5 Å². The average Bonchev–Trinajstić information content (AvgIpc) is 2.76. The molecule has 3 heterocycles. The van der Waals surface area contributed by atoms with Crippen LogP contribution in [0, 0.1) is 5.92 Å². The Hall–Kier alpha value is -2.93. The number of halogens is 1. The van der Waals surface area contributed by atoms with Crippen molar-refractivity contribution >= 4 is 34.5 Å². The zero-order valence-corrected chi connectivity index (χ0v) is 16.9. The van der Waals surface area contributed by atoms with Crippen LogP contribution in [0.2, 0.25) is 5.02 Å². The second-order valence-electron chi connectivity index (χ2n) is 7.25. The Morgan fingerprint density at radius 1 is 1.21 bits per heavy atom. The number of fused-ring (bicyclic) bond motifs is 1. The first-order valence-corrected chi connectivity index (χ1v) is 9.99. The number of benzene rings is 1. The number of nitrogens with one attached hydrogen (secondary N) is 1. The van der Waals surface area contributed by atoms with Crippen molar-refractivity contribution in [3.63, 3.8) is 0 Å². The third-order valence-corrected chi connectivity index (χ3v) is 5.60. The molecule has 7 nitrogen and oxygen atoms in total. The van der Waals surface area contributed by atoms with E-state index in [0.717, 1.165) is 5.56 Å². The SMILES string of the molecule is Cn1c(=O)c(N2CCC(C(=O)NCc3ccc(Cl)cc3)CC2)nc2cccnc21. The number of rotatable bonds is 4. The highest BCUT2D eigenvalue weighted by Crippen LogP contribution is 2.21. The molecule has 1 aliphatic rings. The molecule has 0 bridgehead atoms. The van der Waals surface area contributed by atoms with Gasteiger partial charge in [0.25, 0.3) is 5.56 Å². The number of carbonyl (C=O) groups excluding carboxylic acids is 1. The van der Waals surface area contributed by atoms with Crippen LogP contribution in [0.4, 0.5) is 5.82 Å². The van der Waals surface area contributed by atoms with E-state index in [-0.39, 0.29) is 17.4 Å². The number of hydrogen-bond acceptors (Lipinski definition) is 5. The van der Waals surface area contributed by atoms with Crippen molar-refractivity contribution in [3.8, 4) is 0 Å². The molecule has 29 heavy (non-hydrogen) atoms. The van der Waals surface area contributed by atoms with Crippen molar-refractivity contribution in [2.24, 2.45) is 13.0 Å². The minimum atomic E-state index is -0.165. The number of piperidine rings is 1. The maximum Gasteiger partial charge on any atom is 0.294 e. The summed E-state index contributed by atoms with van der Waals surface area (Å²) in [5.41, 5.74) is 2.10. The topological polar surface area (TPSA) is 80.1 Å². The number of pyridine rings is 1. The molecular formula is C21H22ClN5O2. The van der Waals surface area contributed by atoms with Crippen LogP contribution in [-0.4, -0.2) is 33.5 Å². The van der Waals surface area contributed by atoms with E-state index in [9.17, 15) is 9.59 Å². The van der Waals surface area contributed by atoms with Gasteiger partial charge in [0.05, 0.1) is 0 Å². The van der Waals surface area contributed by atoms with Crippen LogP contribution in [0.3, 0.4) is 0 Å². The Labute approximate surface area is 173 Å². The molecule has 8 heteroatoms. The lowest BCUT2D eigenvalue weighted by Crippen LogP contribution is -2.43. The van der Waals surface area contributed by atoms with E-state index < -0.39 is 0 Å². The summed E-state index contributed by atoms with van der Waals surface area (Å²) in [5.74, 6) is 0.403. The number of hydrogen-bond donors (Lipinski definition) is 1. The number of aromatic nitrogens is 3. The summed E-state index contributed by atoms with van der Waals surface area (Å²) in [7, 11) is 1.71. The minimum Gasteiger partial charge on any atom is -0.352 e. The van der Waals surface area contributed by atoms with E-state index in [1.807, 2.05) is 35.2 Å². The molecule has 0 saturated carbocycles. The number of anilines is 1. The predicted molar refractivity (Wildman–Crippen MR) is 113 cm³/mol. The lowest BCUT2D eigenvalue weighted by atomic mass is 9.96. The summed E-state index contributed by atoms with van der Waals surface area (Å²) >= 11 is 5.89. The van der Waals surface area contributed by atoms with E-state index in [2.05, 4.69) is 15.3 Å². The van der Waals surface area contributed by atoms with Crippen LogP contribution in [-0.2, 0) is 18.4 Å². The molecule has 1 N–H and O–H groups in total. The monoisotopic (exact) mass is 411 g/mol. The van der Waals surface area contributed by atoms with E-state index in [4.69, 9.17) is 11.6 Å². The molecule has 1 aliphatic heterocycles. The van der Waals surface area contributed by atoms with Gasteiger partial charge in [-0.05, 0) is 42.7 Å². The molecule has 1 fully saturated rings. The van der Waals surface area contributed by atoms with Crippen LogP contribution in [0.15, 0.2) is 47.4 Å². The maximum absolute atomic E-state index is 12.7. The first-order valence-electron chi connectivity index (χ1n) is 9.62. The fourth-order valence-corrected chi connectivity index (χ4v) is 3.76. The summed E-state index contributed by atoms with van der Waals surface area (Å²) in [5, 5.41) is 3.67. The number of nitrogens with zero attached hydrogens (tertiary/aromatic N) is 4. The highest BCUT2D eigenvalue weighted by atomic mass is 35.5. The van der Waals surface area contributed by atoms with Gasteiger partial charge >= 0.3 is 0 Å². The van der Waals surface area contributed by atoms with Gasteiger partial charge in [-0.1, -0.05) is 23.7 Å². The third-order valence-electron chi connectivity index (χ3n) is 5.35. The van der Waals surface area contributed by atoms with Crippen molar-refractivity contribution < 1.29 is 4.79 Å². The summed E-state index contributed by atoms with van der Waals surface area (Å²) in [6.07, 6.45) is 3.02. The van der Waals surface area contributed by atoms with Gasteiger partial charge in [-0.2, -0.15) is 0 Å². The van der Waals surface area contributed by atoms with E-state index in [0.29, 0.717) is 54.5 Å². The molecule has 0 spiro atoms. The summed E-state index contributed by atoms with van der Waals surface area (Å²) in [6, 6.07) is 11.1. The maximum atomic E-state index is 12.7. The molecule has 1 saturated heterocycles. The van der Waals surface area contributed by atoms with Crippen molar-refractivity contribution in [3.05, 3.63) is 63.5 Å². The van der Waals surface area contributed by atoms with Gasteiger partial charge in [-0.25, -0.2) is 9.97 Å². The summed E-state index contributed by atoms with van der Waals surface area (Å²) < 4.78 is 1.53. The van der Waals surface area contributed by atoms with Crippen LogP contribution in [0.5, 0.6) is 0 Å². The van der Waals surface area contributed by atoms with Crippen molar-refractivity contribution in [1.82, 2.24) is 19.9 Å². The number of amides is 1. The molecule has 0 unspecified atom stereocenters. The molecule has 0 radical (unpaired) electrons. The Morgan fingerprint density at radius 2 is 1.93 bits per heavy atom. The van der Waals surface area contributed by atoms with E-state index >= 15 is 0 Å². The van der Waals surface area contributed by atoms with Crippen molar-refractivity contribution in [1.29, 1.82) is 0 Å². The second-order valence-corrected chi connectivity index (χ2v) is 7.69. The molecule has 1 aromatic carbocycles. The Kier molecular flexibility index (Phi) is 5.49. The molecule has 3 aromatic rings. The van der Waals surface area contributed by atoms with Crippen molar-refractivity contribution in [2.45, 2.75) is 19.4 Å². The first kappa shape index (κ1) is 19.4. The zero-order chi connectivity index (χ0) is 20.4. The second kappa shape index (κ2) is 8.21. The van der Waals surface area contributed by atoms with Crippen LogP contribution < -0.4 is 15.8 Å². The Bertz CT molecular complexity index is 1090. The Morgan fingerprint density at radius 3 is 2.66 bits per heavy atom. The predicted octanol–water partition coefficient (Wildman–Crippen LogP) is 2.51. The molecule has 150 valence electrons. The normalized spacial score (nSPS) is 14.9. The fourth-order valence-electron chi connectivity index (χ4n) is 3.64. The molecule has 1 amide bonds. The molecule has 4 rings (SSSR count). The Balaban J connectivity index is 1.40. The van der Waals surface area contributed by atoms with Crippen molar-refractivity contribution in [2.75, 3.05) is 18.0 Å². The summed E-state index contributed by atoms with van der Waals surface area (Å²) in [4.78, 5) is 36.0. The lowest BCUT2D eigenvalue weighted by Gasteiger charge is -2.31. The summed E-state index contributed by atoms with van der Waals surface area (Å²) in [6.45, 7) is 1.72. The van der Waals surface area contributed by atoms with Gasteiger partial charge in [-0.15, -0.1) is 0 Å². The van der Waals surface area contributed by atoms with Gasteiger partial charge in [-0.3, -0.25) is 14.2 Å². The number of carbonyl (C=O) groups is 1. The smallest absolute Gasteiger partial charge is 0.294 e. The highest BCUT2D eigenvalue weighted by Gasteiger charge is 2.27. The van der Waals surface area contributed by atoms with Crippen LogP contribution in [0.1, 0.15) is 18.4 Å². The number of aryl methyl sites for hydroxylation is 1. The largest absolute Gasteiger partial charge is 0.352 e. The van der Waals surface area contributed by atoms with Crippen LogP contribution >= 0.6 is 11.6 Å².